The fraction of sp³-hybridized carbons (Fsp3) is 0.115. The summed E-state index contributed by atoms with van der Waals surface area (Å²) in [5, 5.41) is 13.8. The molecule has 1 amide bonds. The van der Waals surface area contributed by atoms with E-state index in [0.717, 1.165) is 10.4 Å². The molecule has 3 aromatic carbocycles. The zero-order chi connectivity index (χ0) is 23.5. The number of amides is 1. The number of carbonyl (C=O) groups excluding carboxylic acids is 2. The van der Waals surface area contributed by atoms with E-state index in [0.29, 0.717) is 21.3 Å². The molecule has 0 atom stereocenters. The van der Waals surface area contributed by atoms with Crippen molar-refractivity contribution in [1.29, 1.82) is 0 Å². The molecule has 0 saturated carbocycles. The summed E-state index contributed by atoms with van der Waals surface area (Å²) in [4.78, 5) is 38.9. The first-order chi connectivity index (χ1) is 15.9. The van der Waals surface area contributed by atoms with Crippen LogP contribution in [0.3, 0.4) is 0 Å². The average molecular weight is 460 g/mol. The monoisotopic (exact) mass is 459 g/mol. The molecule has 4 aromatic rings. The van der Waals surface area contributed by atoms with E-state index >= 15 is 0 Å². The first-order valence-electron chi connectivity index (χ1n) is 10.3. The number of aryl methyl sites for hydroxylation is 1. The van der Waals surface area contributed by atoms with Gasteiger partial charge >= 0.3 is 11.9 Å². The van der Waals surface area contributed by atoms with Crippen LogP contribution in [-0.4, -0.2) is 29.6 Å². The van der Waals surface area contributed by atoms with Crippen LogP contribution in [0, 0.1) is 6.92 Å². The molecule has 0 bridgehead atoms. The van der Waals surface area contributed by atoms with Crippen molar-refractivity contribution in [3.63, 3.8) is 0 Å². The standard InChI is InChI=1S/C26H21NO5S/c1-3-32-26(31)22-20(16-9-5-4-6-10-16)15(2)33-24(22)27-23(28)18-13-7-11-17-12-8-14-19(21(17)18)25(29)30/h4-14H,3H2,1-2H3,(H,27,28)(H,29,30). The van der Waals surface area contributed by atoms with Gasteiger partial charge in [-0.3, -0.25) is 4.79 Å². The maximum absolute atomic E-state index is 13.3. The number of carboxylic acids is 1. The van der Waals surface area contributed by atoms with Crippen LogP contribution in [0.5, 0.6) is 0 Å². The lowest BCUT2D eigenvalue weighted by molar-refractivity contribution is 0.0528. The number of anilines is 1. The molecule has 2 N–H and O–H groups in total. The minimum Gasteiger partial charge on any atom is -0.478 e. The van der Waals surface area contributed by atoms with Crippen molar-refractivity contribution in [2.45, 2.75) is 13.8 Å². The number of esters is 1. The number of nitrogens with one attached hydrogen (secondary N) is 1. The molecule has 0 fully saturated rings. The molecular weight excluding hydrogens is 438 g/mol. The average Bonchev–Trinajstić information content (AvgIpc) is 3.14. The topological polar surface area (TPSA) is 92.7 Å². The van der Waals surface area contributed by atoms with E-state index in [4.69, 9.17) is 4.74 Å². The summed E-state index contributed by atoms with van der Waals surface area (Å²) in [6, 6.07) is 19.3. The minimum absolute atomic E-state index is 0.0381. The number of hydrogen-bond acceptors (Lipinski definition) is 5. The summed E-state index contributed by atoms with van der Waals surface area (Å²) < 4.78 is 5.29. The smallest absolute Gasteiger partial charge is 0.341 e. The number of carboxylic acid groups (broad SMARTS) is 1. The van der Waals surface area contributed by atoms with E-state index in [9.17, 15) is 19.5 Å². The van der Waals surface area contributed by atoms with Gasteiger partial charge in [0.25, 0.3) is 5.91 Å². The van der Waals surface area contributed by atoms with E-state index in [1.165, 1.54) is 17.4 Å². The number of aromatic carboxylic acids is 1. The van der Waals surface area contributed by atoms with Crippen LogP contribution in [-0.2, 0) is 4.74 Å². The summed E-state index contributed by atoms with van der Waals surface area (Å²) in [5.41, 5.74) is 2.09. The van der Waals surface area contributed by atoms with Gasteiger partial charge in [-0.05, 0) is 36.9 Å². The molecule has 0 radical (unpaired) electrons. The predicted molar refractivity (Wildman–Crippen MR) is 129 cm³/mol. The number of thiophene rings is 1. The fourth-order valence-corrected chi connectivity index (χ4v) is 4.92. The Bertz CT molecular complexity index is 1370. The molecule has 0 saturated heterocycles. The number of ether oxygens (including phenoxy) is 1. The van der Waals surface area contributed by atoms with Gasteiger partial charge in [0.1, 0.15) is 10.6 Å². The number of carbonyl (C=O) groups is 3. The van der Waals surface area contributed by atoms with Crippen LogP contribution in [0.15, 0.2) is 66.7 Å². The molecule has 7 heteroatoms. The van der Waals surface area contributed by atoms with Gasteiger partial charge in [0.05, 0.1) is 12.2 Å². The second kappa shape index (κ2) is 9.26. The van der Waals surface area contributed by atoms with Crippen LogP contribution in [0.2, 0.25) is 0 Å². The third-order valence-corrected chi connectivity index (χ3v) is 6.25. The summed E-state index contributed by atoms with van der Waals surface area (Å²) in [7, 11) is 0. The Hall–Kier alpha value is -3.97. The van der Waals surface area contributed by atoms with Gasteiger partial charge < -0.3 is 15.2 Å². The highest BCUT2D eigenvalue weighted by atomic mass is 32.1. The van der Waals surface area contributed by atoms with Crippen LogP contribution >= 0.6 is 11.3 Å². The van der Waals surface area contributed by atoms with E-state index < -0.39 is 17.8 Å². The SMILES string of the molecule is CCOC(=O)c1c(NC(=O)c2cccc3cccc(C(=O)O)c23)sc(C)c1-c1ccccc1. The summed E-state index contributed by atoms with van der Waals surface area (Å²) >= 11 is 1.28. The van der Waals surface area contributed by atoms with E-state index in [1.807, 2.05) is 37.3 Å². The van der Waals surface area contributed by atoms with Crippen molar-refractivity contribution in [2.75, 3.05) is 11.9 Å². The zero-order valence-corrected chi connectivity index (χ0v) is 18.9. The van der Waals surface area contributed by atoms with Gasteiger partial charge in [0, 0.05) is 21.4 Å². The quantitative estimate of drug-likeness (QED) is 0.345. The largest absolute Gasteiger partial charge is 0.478 e. The Labute approximate surface area is 194 Å². The molecule has 33 heavy (non-hydrogen) atoms. The lowest BCUT2D eigenvalue weighted by atomic mass is 9.98. The predicted octanol–water partition coefficient (Wildman–Crippen LogP) is 6.00. The van der Waals surface area contributed by atoms with Crippen molar-refractivity contribution in [2.24, 2.45) is 0 Å². The van der Waals surface area contributed by atoms with Crippen LogP contribution in [0.4, 0.5) is 5.00 Å². The Morgan fingerprint density at radius 3 is 2.24 bits per heavy atom. The molecule has 4 rings (SSSR count). The van der Waals surface area contributed by atoms with Crippen molar-refractivity contribution < 1.29 is 24.2 Å². The third kappa shape index (κ3) is 4.23. The molecule has 0 aliphatic heterocycles. The number of benzene rings is 3. The van der Waals surface area contributed by atoms with Gasteiger partial charge in [-0.25, -0.2) is 9.59 Å². The van der Waals surface area contributed by atoms with Crippen molar-refractivity contribution >= 4 is 45.0 Å². The molecule has 0 unspecified atom stereocenters. The highest BCUT2D eigenvalue weighted by Crippen LogP contribution is 2.40. The highest BCUT2D eigenvalue weighted by Gasteiger charge is 2.26. The molecule has 0 spiro atoms. The highest BCUT2D eigenvalue weighted by molar-refractivity contribution is 7.17. The molecule has 166 valence electrons. The molecule has 0 aliphatic rings. The fourth-order valence-electron chi connectivity index (χ4n) is 3.86. The number of fused-ring (bicyclic) bond motifs is 1. The van der Waals surface area contributed by atoms with Gasteiger partial charge in [0.15, 0.2) is 0 Å². The zero-order valence-electron chi connectivity index (χ0n) is 18.0. The summed E-state index contributed by atoms with van der Waals surface area (Å²) in [6.07, 6.45) is 0. The number of hydrogen-bond donors (Lipinski definition) is 2. The molecule has 1 aromatic heterocycles. The molecule has 1 heterocycles. The Balaban J connectivity index is 1.83. The van der Waals surface area contributed by atoms with Crippen LogP contribution in [0.1, 0.15) is 42.9 Å². The first-order valence-corrected chi connectivity index (χ1v) is 11.2. The molecular formula is C26H21NO5S. The lowest BCUT2D eigenvalue weighted by Crippen LogP contribution is -2.16. The van der Waals surface area contributed by atoms with Crippen molar-refractivity contribution in [3.05, 3.63) is 88.3 Å². The van der Waals surface area contributed by atoms with E-state index in [-0.39, 0.29) is 23.3 Å². The van der Waals surface area contributed by atoms with Gasteiger partial charge in [-0.15, -0.1) is 11.3 Å². The normalized spacial score (nSPS) is 10.7. The summed E-state index contributed by atoms with van der Waals surface area (Å²) in [6.45, 7) is 3.80. The summed E-state index contributed by atoms with van der Waals surface area (Å²) in [5.74, 6) is -2.15. The van der Waals surface area contributed by atoms with E-state index in [2.05, 4.69) is 5.32 Å². The second-order valence-corrected chi connectivity index (χ2v) is 8.52. The third-order valence-electron chi connectivity index (χ3n) is 5.23. The lowest BCUT2D eigenvalue weighted by Gasteiger charge is -2.11. The van der Waals surface area contributed by atoms with Crippen LogP contribution in [0.25, 0.3) is 21.9 Å². The van der Waals surface area contributed by atoms with E-state index in [1.54, 1.807) is 37.3 Å². The molecule has 6 nitrogen and oxygen atoms in total. The maximum Gasteiger partial charge on any atom is 0.341 e. The van der Waals surface area contributed by atoms with Gasteiger partial charge in [-0.1, -0.05) is 54.6 Å². The van der Waals surface area contributed by atoms with Gasteiger partial charge in [-0.2, -0.15) is 0 Å². The Morgan fingerprint density at radius 2 is 1.61 bits per heavy atom. The Morgan fingerprint density at radius 1 is 0.939 bits per heavy atom. The Kier molecular flexibility index (Phi) is 6.24. The second-order valence-electron chi connectivity index (χ2n) is 7.29. The first kappa shape index (κ1) is 22.2. The maximum atomic E-state index is 13.3. The molecule has 0 aliphatic carbocycles. The number of rotatable bonds is 6. The van der Waals surface area contributed by atoms with Crippen molar-refractivity contribution in [3.8, 4) is 11.1 Å². The van der Waals surface area contributed by atoms with Gasteiger partial charge in [0.2, 0.25) is 0 Å². The minimum atomic E-state index is -1.12. The van der Waals surface area contributed by atoms with Crippen molar-refractivity contribution in [1.82, 2.24) is 0 Å². The van der Waals surface area contributed by atoms with Crippen LogP contribution < -0.4 is 5.32 Å².